The molecule has 0 spiro atoms. The summed E-state index contributed by atoms with van der Waals surface area (Å²) < 4.78 is 13.4. The van der Waals surface area contributed by atoms with Crippen molar-refractivity contribution in [3.8, 4) is 17.2 Å². The number of aromatic hydroxyl groups is 1. The van der Waals surface area contributed by atoms with E-state index in [2.05, 4.69) is 13.8 Å². The van der Waals surface area contributed by atoms with E-state index in [0.29, 0.717) is 25.5 Å². The third-order valence-electron chi connectivity index (χ3n) is 4.90. The van der Waals surface area contributed by atoms with Gasteiger partial charge in [0.2, 0.25) is 5.75 Å². The summed E-state index contributed by atoms with van der Waals surface area (Å²) >= 11 is 0. The Balaban J connectivity index is 2.00. The summed E-state index contributed by atoms with van der Waals surface area (Å²) in [6.07, 6.45) is 3.63. The molecule has 1 N–H and O–H groups in total. The Morgan fingerprint density at radius 1 is 0.966 bits per heavy atom. The molecular weight excluding hydrogens is 366 g/mol. The Morgan fingerprint density at radius 3 is 2.45 bits per heavy atom. The molecule has 29 heavy (non-hydrogen) atoms. The van der Waals surface area contributed by atoms with Crippen LogP contribution in [0.15, 0.2) is 53.3 Å². The number of rotatable bonds is 10. The van der Waals surface area contributed by atoms with Crippen LogP contribution in [0.25, 0.3) is 10.9 Å². The topological polar surface area (TPSA) is 60.7 Å². The molecule has 1 aromatic heterocycles. The number of fused-ring (bicyclic) bond motifs is 1. The molecule has 0 aliphatic carbocycles. The number of nitrogens with zero attached hydrogens (tertiary/aromatic N) is 1. The first kappa shape index (κ1) is 20.8. The molecule has 0 amide bonds. The highest BCUT2D eigenvalue weighted by Crippen LogP contribution is 2.34. The molecule has 0 fully saturated rings. The van der Waals surface area contributed by atoms with E-state index in [1.165, 1.54) is 0 Å². The first-order valence-corrected chi connectivity index (χ1v) is 10.3. The van der Waals surface area contributed by atoms with Gasteiger partial charge in [-0.2, -0.15) is 0 Å². The maximum atomic E-state index is 12.8. The fourth-order valence-corrected chi connectivity index (χ4v) is 3.22. The van der Waals surface area contributed by atoms with Crippen molar-refractivity contribution in [2.24, 2.45) is 0 Å². The van der Waals surface area contributed by atoms with Crippen LogP contribution >= 0.6 is 0 Å². The number of unbranched alkanes of at least 4 members (excludes halogenated alkanes) is 2. The molecule has 5 nitrogen and oxygen atoms in total. The van der Waals surface area contributed by atoms with E-state index in [0.717, 1.165) is 42.1 Å². The third-order valence-corrected chi connectivity index (χ3v) is 4.90. The molecule has 154 valence electrons. The summed E-state index contributed by atoms with van der Waals surface area (Å²) in [5.74, 6) is 0.625. The minimum atomic E-state index is -0.419. The van der Waals surface area contributed by atoms with Crippen LogP contribution < -0.4 is 15.0 Å². The first-order chi connectivity index (χ1) is 14.2. The Bertz CT molecular complexity index is 995. The van der Waals surface area contributed by atoms with Gasteiger partial charge in [0, 0.05) is 18.0 Å². The lowest BCUT2D eigenvalue weighted by molar-refractivity contribution is 0.293. The lowest BCUT2D eigenvalue weighted by Crippen LogP contribution is -2.21. The number of aryl methyl sites for hydroxylation is 1. The second kappa shape index (κ2) is 10.0. The number of hydrogen-bond donors (Lipinski definition) is 1. The van der Waals surface area contributed by atoms with Gasteiger partial charge in [-0.3, -0.25) is 4.79 Å². The largest absolute Gasteiger partial charge is 0.500 e. The van der Waals surface area contributed by atoms with Crippen molar-refractivity contribution in [3.63, 3.8) is 0 Å². The summed E-state index contributed by atoms with van der Waals surface area (Å²) in [5.41, 5.74) is 1.38. The molecule has 2 aromatic carbocycles. The molecule has 0 unspecified atom stereocenters. The minimum Gasteiger partial charge on any atom is -0.500 e. The summed E-state index contributed by atoms with van der Waals surface area (Å²) in [6, 6.07) is 15.5. The van der Waals surface area contributed by atoms with Crippen LogP contribution in [0.1, 0.15) is 45.1 Å². The van der Waals surface area contributed by atoms with Crippen LogP contribution in [-0.2, 0) is 13.2 Å². The summed E-state index contributed by atoms with van der Waals surface area (Å²) in [5, 5.41) is 11.2. The molecule has 5 heteroatoms. The fourth-order valence-electron chi connectivity index (χ4n) is 3.22. The zero-order chi connectivity index (χ0) is 20.6. The second-order valence-electron chi connectivity index (χ2n) is 7.14. The Kier molecular flexibility index (Phi) is 7.17. The van der Waals surface area contributed by atoms with Crippen molar-refractivity contribution < 1.29 is 14.6 Å². The molecule has 0 saturated heterocycles. The van der Waals surface area contributed by atoms with Crippen LogP contribution in [0, 0.1) is 0 Å². The van der Waals surface area contributed by atoms with Gasteiger partial charge < -0.3 is 19.1 Å². The fraction of sp³-hybridized carbons (Fsp3) is 0.375. The number of aromatic nitrogens is 1. The third kappa shape index (κ3) is 4.91. The van der Waals surface area contributed by atoms with Gasteiger partial charge in [0.15, 0.2) is 5.75 Å². The highest BCUT2D eigenvalue weighted by molar-refractivity contribution is 5.88. The van der Waals surface area contributed by atoms with Gasteiger partial charge in [0.05, 0.1) is 12.1 Å². The van der Waals surface area contributed by atoms with Crippen LogP contribution in [0.2, 0.25) is 0 Å². The molecular formula is C24H29NO4. The highest BCUT2D eigenvalue weighted by Gasteiger charge is 2.18. The van der Waals surface area contributed by atoms with E-state index in [9.17, 15) is 9.90 Å². The second-order valence-corrected chi connectivity index (χ2v) is 7.14. The predicted molar refractivity (Wildman–Crippen MR) is 116 cm³/mol. The monoisotopic (exact) mass is 395 g/mol. The maximum Gasteiger partial charge on any atom is 0.297 e. The maximum absolute atomic E-state index is 12.8. The molecule has 3 rings (SSSR count). The smallest absolute Gasteiger partial charge is 0.297 e. The Hall–Kier alpha value is -2.95. The van der Waals surface area contributed by atoms with Gasteiger partial charge in [0.1, 0.15) is 12.4 Å². The SMILES string of the molecule is CCCCOc1c(O)c(=O)n(CCCC)c2cc(OCc3ccccc3)ccc12. The zero-order valence-electron chi connectivity index (χ0n) is 17.2. The Labute approximate surface area is 171 Å². The van der Waals surface area contributed by atoms with Gasteiger partial charge in [-0.15, -0.1) is 0 Å². The molecule has 0 atom stereocenters. The highest BCUT2D eigenvalue weighted by atomic mass is 16.5. The zero-order valence-corrected chi connectivity index (χ0v) is 17.2. The van der Waals surface area contributed by atoms with Gasteiger partial charge in [-0.25, -0.2) is 0 Å². The summed E-state index contributed by atoms with van der Waals surface area (Å²) in [4.78, 5) is 12.8. The summed E-state index contributed by atoms with van der Waals surface area (Å²) in [6.45, 7) is 5.59. The van der Waals surface area contributed by atoms with Crippen molar-refractivity contribution in [2.75, 3.05) is 6.61 Å². The molecule has 0 bridgehead atoms. The lowest BCUT2D eigenvalue weighted by atomic mass is 10.1. The van der Waals surface area contributed by atoms with Gasteiger partial charge in [-0.05, 0) is 30.5 Å². The van der Waals surface area contributed by atoms with Crippen LogP contribution in [0.5, 0.6) is 17.2 Å². The molecule has 3 aromatic rings. The van der Waals surface area contributed by atoms with Crippen LogP contribution in [-0.4, -0.2) is 16.3 Å². The minimum absolute atomic E-state index is 0.265. The lowest BCUT2D eigenvalue weighted by Gasteiger charge is -2.17. The predicted octanol–water partition coefficient (Wildman–Crippen LogP) is 5.27. The van der Waals surface area contributed by atoms with E-state index in [4.69, 9.17) is 9.47 Å². The van der Waals surface area contributed by atoms with E-state index in [1.807, 2.05) is 48.5 Å². The number of hydrogen-bond acceptors (Lipinski definition) is 4. The first-order valence-electron chi connectivity index (χ1n) is 10.3. The quantitative estimate of drug-likeness (QED) is 0.475. The Morgan fingerprint density at radius 2 is 1.72 bits per heavy atom. The number of pyridine rings is 1. The van der Waals surface area contributed by atoms with Crippen molar-refractivity contribution in [1.29, 1.82) is 0 Å². The van der Waals surface area contributed by atoms with Gasteiger partial charge >= 0.3 is 0 Å². The molecule has 0 radical (unpaired) electrons. The van der Waals surface area contributed by atoms with E-state index in [1.54, 1.807) is 4.57 Å². The standard InChI is InChI=1S/C24H29NO4/c1-3-5-14-25-21-16-19(29-17-18-10-8-7-9-11-18)12-13-20(21)23(22(26)24(25)27)28-15-6-4-2/h7-13,16,26H,3-6,14-15,17H2,1-2H3. The van der Waals surface area contributed by atoms with E-state index < -0.39 is 5.56 Å². The van der Waals surface area contributed by atoms with Crippen molar-refractivity contribution in [3.05, 3.63) is 64.4 Å². The van der Waals surface area contributed by atoms with E-state index >= 15 is 0 Å². The molecule has 0 aliphatic heterocycles. The van der Waals surface area contributed by atoms with Gasteiger partial charge in [-0.1, -0.05) is 57.0 Å². The van der Waals surface area contributed by atoms with Crippen molar-refractivity contribution >= 4 is 10.9 Å². The van der Waals surface area contributed by atoms with Crippen molar-refractivity contribution in [2.45, 2.75) is 52.7 Å². The average molecular weight is 395 g/mol. The summed E-state index contributed by atoms with van der Waals surface area (Å²) in [7, 11) is 0. The van der Waals surface area contributed by atoms with E-state index in [-0.39, 0.29) is 11.5 Å². The van der Waals surface area contributed by atoms with Crippen LogP contribution in [0.3, 0.4) is 0 Å². The normalized spacial score (nSPS) is 11.0. The number of benzene rings is 2. The molecule has 0 aliphatic rings. The van der Waals surface area contributed by atoms with Crippen LogP contribution in [0.4, 0.5) is 0 Å². The molecule has 1 heterocycles. The molecule has 0 saturated carbocycles. The van der Waals surface area contributed by atoms with Gasteiger partial charge in [0.25, 0.3) is 5.56 Å². The number of ether oxygens (including phenoxy) is 2. The average Bonchev–Trinajstić information content (AvgIpc) is 2.75. The van der Waals surface area contributed by atoms with Crippen molar-refractivity contribution in [1.82, 2.24) is 4.57 Å².